The number of carbonyl (C=O) groups excluding carboxylic acids is 1. The van der Waals surface area contributed by atoms with Crippen LogP contribution in [-0.4, -0.2) is 39.9 Å². The van der Waals surface area contributed by atoms with Crippen LogP contribution in [0.5, 0.6) is 0 Å². The van der Waals surface area contributed by atoms with Crippen molar-refractivity contribution in [2.24, 2.45) is 0 Å². The smallest absolute Gasteiger partial charge is 0.270 e. The standard InChI is InChI=1S/C23H19N7O3S2/c31-22(25-23-26-29-30-27-23)17-8-10-19(11-9-17)35(32,33)28-18-6-1-3-15(13-18)7-12-21-24-20(14-34-21)16-4-2-5-16/h1,3,6,8-11,13-14,16,28H,2,4-5H2,(H2,25,26,27,29,30,31). The second-order valence-electron chi connectivity index (χ2n) is 7.86. The molecule has 10 nitrogen and oxygen atoms in total. The van der Waals surface area contributed by atoms with Gasteiger partial charge in [0, 0.05) is 22.4 Å². The Morgan fingerprint density at radius 1 is 1.11 bits per heavy atom. The summed E-state index contributed by atoms with van der Waals surface area (Å²) in [7, 11) is -3.87. The van der Waals surface area contributed by atoms with Crippen LogP contribution in [0.25, 0.3) is 0 Å². The first kappa shape index (κ1) is 22.7. The Morgan fingerprint density at radius 3 is 2.66 bits per heavy atom. The summed E-state index contributed by atoms with van der Waals surface area (Å²) in [6.07, 6.45) is 3.64. The van der Waals surface area contributed by atoms with E-state index in [2.05, 4.69) is 52.9 Å². The molecule has 3 N–H and O–H groups in total. The molecular formula is C23H19N7O3S2. The van der Waals surface area contributed by atoms with E-state index in [-0.39, 0.29) is 16.4 Å². The molecule has 176 valence electrons. The molecule has 1 amide bonds. The molecule has 1 aliphatic carbocycles. The maximum atomic E-state index is 12.8. The lowest BCUT2D eigenvalue weighted by atomic mass is 9.83. The van der Waals surface area contributed by atoms with Gasteiger partial charge in [-0.15, -0.1) is 16.4 Å². The van der Waals surface area contributed by atoms with E-state index in [1.165, 1.54) is 54.9 Å². The number of rotatable bonds is 6. The molecule has 0 saturated heterocycles. The van der Waals surface area contributed by atoms with Crippen LogP contribution in [0.2, 0.25) is 0 Å². The molecule has 0 atom stereocenters. The molecule has 0 bridgehead atoms. The molecular weight excluding hydrogens is 486 g/mol. The first-order valence-electron chi connectivity index (χ1n) is 10.7. The number of aromatic nitrogens is 5. The van der Waals surface area contributed by atoms with Crippen molar-refractivity contribution >= 4 is 38.9 Å². The van der Waals surface area contributed by atoms with Gasteiger partial charge in [-0.3, -0.25) is 14.8 Å². The third-order valence-corrected chi connectivity index (χ3v) is 7.64. The maximum Gasteiger partial charge on any atom is 0.270 e. The molecule has 2 aromatic heterocycles. The van der Waals surface area contributed by atoms with Crippen molar-refractivity contribution in [2.75, 3.05) is 10.0 Å². The van der Waals surface area contributed by atoms with Gasteiger partial charge in [0.1, 0.15) is 0 Å². The van der Waals surface area contributed by atoms with Gasteiger partial charge in [0.25, 0.3) is 21.9 Å². The molecule has 5 rings (SSSR count). The largest absolute Gasteiger partial charge is 0.288 e. The van der Waals surface area contributed by atoms with Crippen LogP contribution in [0, 0.1) is 11.8 Å². The lowest BCUT2D eigenvalue weighted by Crippen LogP contribution is -2.15. The van der Waals surface area contributed by atoms with Gasteiger partial charge < -0.3 is 0 Å². The van der Waals surface area contributed by atoms with E-state index in [1.807, 2.05) is 6.07 Å². The Labute approximate surface area is 205 Å². The Morgan fingerprint density at radius 2 is 1.94 bits per heavy atom. The van der Waals surface area contributed by atoms with Crippen LogP contribution < -0.4 is 10.0 Å². The third kappa shape index (κ3) is 5.37. The summed E-state index contributed by atoms with van der Waals surface area (Å²) in [5.41, 5.74) is 2.41. The summed E-state index contributed by atoms with van der Waals surface area (Å²) in [6.45, 7) is 0. The fourth-order valence-electron chi connectivity index (χ4n) is 3.41. The lowest BCUT2D eigenvalue weighted by molar-refractivity contribution is 0.102. The van der Waals surface area contributed by atoms with E-state index < -0.39 is 15.9 Å². The summed E-state index contributed by atoms with van der Waals surface area (Å²) in [4.78, 5) is 16.8. The number of nitrogens with zero attached hydrogens (tertiary/aromatic N) is 4. The van der Waals surface area contributed by atoms with Crippen LogP contribution in [0.15, 0.2) is 58.8 Å². The quantitative estimate of drug-likeness (QED) is 0.341. The minimum Gasteiger partial charge on any atom is -0.288 e. The summed E-state index contributed by atoms with van der Waals surface area (Å²) in [5.74, 6) is 6.21. The van der Waals surface area contributed by atoms with Crippen LogP contribution in [0.4, 0.5) is 11.6 Å². The normalized spacial score (nSPS) is 13.4. The topological polar surface area (TPSA) is 143 Å². The number of tetrazole rings is 1. The van der Waals surface area contributed by atoms with Crippen molar-refractivity contribution < 1.29 is 13.2 Å². The number of hydrogen-bond acceptors (Lipinski definition) is 8. The van der Waals surface area contributed by atoms with Crippen LogP contribution in [0.1, 0.15) is 51.8 Å². The highest BCUT2D eigenvalue weighted by Crippen LogP contribution is 2.36. The van der Waals surface area contributed by atoms with E-state index in [9.17, 15) is 13.2 Å². The minimum absolute atomic E-state index is 0.0106. The molecule has 2 heterocycles. The molecule has 12 heteroatoms. The number of hydrogen-bond donors (Lipinski definition) is 3. The number of carbonyl (C=O) groups is 1. The van der Waals surface area contributed by atoms with E-state index in [4.69, 9.17) is 0 Å². The summed E-state index contributed by atoms with van der Waals surface area (Å²) in [5, 5.41) is 18.1. The number of H-pyrrole nitrogens is 1. The number of sulfonamides is 1. The number of nitrogens with one attached hydrogen (secondary N) is 3. The molecule has 1 saturated carbocycles. The predicted molar refractivity (Wildman–Crippen MR) is 131 cm³/mol. The molecule has 4 aromatic rings. The fraction of sp³-hybridized carbons (Fsp3) is 0.174. The number of benzene rings is 2. The molecule has 35 heavy (non-hydrogen) atoms. The fourth-order valence-corrected chi connectivity index (χ4v) is 5.20. The number of aromatic amines is 1. The number of thiazole rings is 1. The molecule has 0 spiro atoms. The Kier molecular flexibility index (Phi) is 6.26. The van der Waals surface area contributed by atoms with E-state index >= 15 is 0 Å². The number of amides is 1. The van der Waals surface area contributed by atoms with Gasteiger partial charge in [0.05, 0.1) is 16.3 Å². The average Bonchev–Trinajstić information content (AvgIpc) is 3.49. The van der Waals surface area contributed by atoms with Crippen LogP contribution in [0.3, 0.4) is 0 Å². The SMILES string of the molecule is O=C(Nc1nn[nH]n1)c1ccc(S(=O)(=O)Nc2cccc(C#Cc3nc(C4CCC4)cs3)c2)cc1. The first-order chi connectivity index (χ1) is 17.0. The first-order valence-corrected chi connectivity index (χ1v) is 13.1. The average molecular weight is 506 g/mol. The van der Waals surface area contributed by atoms with Crippen molar-refractivity contribution in [3.8, 4) is 11.8 Å². The third-order valence-electron chi connectivity index (χ3n) is 5.47. The highest BCUT2D eigenvalue weighted by atomic mass is 32.2. The summed E-state index contributed by atoms with van der Waals surface area (Å²) < 4.78 is 28.2. The second-order valence-corrected chi connectivity index (χ2v) is 10.4. The van der Waals surface area contributed by atoms with E-state index in [1.54, 1.807) is 18.2 Å². The highest BCUT2D eigenvalue weighted by molar-refractivity contribution is 7.92. The van der Waals surface area contributed by atoms with Crippen LogP contribution in [-0.2, 0) is 10.0 Å². The van der Waals surface area contributed by atoms with Crippen molar-refractivity contribution in [1.82, 2.24) is 25.6 Å². The zero-order valence-corrected chi connectivity index (χ0v) is 19.9. The zero-order chi connectivity index (χ0) is 24.3. The van der Waals surface area contributed by atoms with E-state index in [0.717, 1.165) is 10.7 Å². The minimum atomic E-state index is -3.87. The van der Waals surface area contributed by atoms with Gasteiger partial charge in [0.2, 0.25) is 0 Å². The zero-order valence-electron chi connectivity index (χ0n) is 18.2. The maximum absolute atomic E-state index is 12.8. The van der Waals surface area contributed by atoms with Crippen molar-refractivity contribution in [1.29, 1.82) is 0 Å². The van der Waals surface area contributed by atoms with Crippen molar-refractivity contribution in [3.63, 3.8) is 0 Å². The van der Waals surface area contributed by atoms with Crippen LogP contribution >= 0.6 is 11.3 Å². The second kappa shape index (κ2) is 9.65. The molecule has 0 aliphatic heterocycles. The lowest BCUT2D eigenvalue weighted by Gasteiger charge is -2.22. The monoisotopic (exact) mass is 505 g/mol. The van der Waals surface area contributed by atoms with Gasteiger partial charge >= 0.3 is 0 Å². The van der Waals surface area contributed by atoms with Gasteiger partial charge in [-0.05, 0) is 66.4 Å². The van der Waals surface area contributed by atoms with Gasteiger partial charge in [-0.2, -0.15) is 5.21 Å². The molecule has 1 aliphatic rings. The van der Waals surface area contributed by atoms with Gasteiger partial charge in [0.15, 0.2) is 5.01 Å². The Hall–Kier alpha value is -4.08. The molecule has 1 fully saturated rings. The van der Waals surface area contributed by atoms with E-state index in [0.29, 0.717) is 17.2 Å². The Balaban J connectivity index is 1.26. The van der Waals surface area contributed by atoms with Gasteiger partial charge in [-0.1, -0.05) is 23.5 Å². The van der Waals surface area contributed by atoms with Gasteiger partial charge in [-0.25, -0.2) is 13.4 Å². The highest BCUT2D eigenvalue weighted by Gasteiger charge is 2.21. The summed E-state index contributed by atoms with van der Waals surface area (Å²) >= 11 is 1.53. The van der Waals surface area contributed by atoms with Crippen molar-refractivity contribution in [2.45, 2.75) is 30.1 Å². The Bertz CT molecular complexity index is 1520. The van der Waals surface area contributed by atoms with Crippen molar-refractivity contribution in [3.05, 3.63) is 75.7 Å². The molecule has 2 aromatic carbocycles. The molecule has 0 radical (unpaired) electrons. The number of anilines is 2. The summed E-state index contributed by atoms with van der Waals surface area (Å²) in [6, 6.07) is 12.3. The predicted octanol–water partition coefficient (Wildman–Crippen LogP) is 3.38. The molecule has 0 unspecified atom stereocenters.